The van der Waals surface area contributed by atoms with Gasteiger partial charge in [0, 0.05) is 5.71 Å². The van der Waals surface area contributed by atoms with Gasteiger partial charge in [0.1, 0.15) is 0 Å². The maximum atomic E-state index is 4.67. The highest BCUT2D eigenvalue weighted by molar-refractivity contribution is 6.00. The molecule has 0 N–H and O–H groups in total. The molecule has 19 heavy (non-hydrogen) atoms. The number of aliphatic imine (C=N–C) groups is 1. The first-order chi connectivity index (χ1) is 9.11. The Kier molecular flexibility index (Phi) is 4.16. The molecule has 0 saturated carbocycles. The lowest BCUT2D eigenvalue weighted by atomic mass is 9.94. The van der Waals surface area contributed by atoms with Gasteiger partial charge < -0.3 is 0 Å². The molecular formula is C18H21N. The van der Waals surface area contributed by atoms with Crippen molar-refractivity contribution in [2.24, 2.45) is 4.99 Å². The molecule has 0 spiro atoms. The highest BCUT2D eigenvalue weighted by atomic mass is 14.8. The Morgan fingerprint density at radius 3 is 2.79 bits per heavy atom. The van der Waals surface area contributed by atoms with Gasteiger partial charge >= 0.3 is 0 Å². The van der Waals surface area contributed by atoms with Gasteiger partial charge in [-0.05, 0) is 61.9 Å². The van der Waals surface area contributed by atoms with Gasteiger partial charge in [-0.1, -0.05) is 36.9 Å². The molecule has 0 aliphatic heterocycles. The van der Waals surface area contributed by atoms with E-state index in [1.807, 2.05) is 19.9 Å². The van der Waals surface area contributed by atoms with E-state index >= 15 is 0 Å². The molecule has 1 aromatic carbocycles. The molecule has 98 valence electrons. The fourth-order valence-electron chi connectivity index (χ4n) is 2.31. The Morgan fingerprint density at radius 1 is 1.32 bits per heavy atom. The number of fused-ring (bicyclic) bond motifs is 1. The molecular weight excluding hydrogens is 230 g/mol. The largest absolute Gasteiger partial charge is 0.253 e. The molecule has 0 atom stereocenters. The second kappa shape index (κ2) is 5.83. The Hall–Kier alpha value is -1.89. The molecule has 0 amide bonds. The number of nitrogens with zero attached hydrogens (tertiary/aromatic N) is 1. The van der Waals surface area contributed by atoms with Crippen molar-refractivity contribution in [3.05, 3.63) is 64.9 Å². The van der Waals surface area contributed by atoms with Gasteiger partial charge in [0.25, 0.3) is 0 Å². The molecule has 0 radical (unpaired) electrons. The topological polar surface area (TPSA) is 12.4 Å². The van der Waals surface area contributed by atoms with Crippen molar-refractivity contribution in [3.63, 3.8) is 0 Å². The molecule has 0 fully saturated rings. The van der Waals surface area contributed by atoms with Crippen LogP contribution in [0.3, 0.4) is 0 Å². The third-order valence-corrected chi connectivity index (χ3v) is 3.44. The van der Waals surface area contributed by atoms with Crippen LogP contribution in [0, 0.1) is 0 Å². The summed E-state index contributed by atoms with van der Waals surface area (Å²) >= 11 is 0. The first-order valence-electron chi connectivity index (χ1n) is 6.79. The number of hydrogen-bond donors (Lipinski definition) is 0. The van der Waals surface area contributed by atoms with E-state index in [1.54, 1.807) is 0 Å². The highest BCUT2D eigenvalue weighted by Crippen LogP contribution is 2.21. The maximum Gasteiger partial charge on any atom is 0.0613 e. The number of aryl methyl sites for hydroxylation is 1. The molecule has 1 aromatic rings. The lowest BCUT2D eigenvalue weighted by Crippen LogP contribution is -2.01. The third kappa shape index (κ3) is 3.11. The second-order valence-corrected chi connectivity index (χ2v) is 5.01. The minimum absolute atomic E-state index is 0.968. The summed E-state index contributed by atoms with van der Waals surface area (Å²) in [5, 5.41) is 0. The van der Waals surface area contributed by atoms with E-state index in [4.69, 9.17) is 0 Å². The van der Waals surface area contributed by atoms with Crippen molar-refractivity contribution in [3.8, 4) is 0 Å². The summed E-state index contributed by atoms with van der Waals surface area (Å²) in [6.45, 7) is 10.0. The Balaban J connectivity index is 2.34. The molecule has 1 aliphatic rings. The fourth-order valence-corrected chi connectivity index (χ4v) is 2.31. The Morgan fingerprint density at radius 2 is 2.11 bits per heavy atom. The SMILES string of the molecule is C=C(C)/C(=C/C)N=C(C)c1ccc2c(c1)CCC=C2. The molecule has 0 heterocycles. The van der Waals surface area contributed by atoms with E-state index in [2.05, 4.69) is 48.8 Å². The lowest BCUT2D eigenvalue weighted by Gasteiger charge is -2.12. The van der Waals surface area contributed by atoms with E-state index in [0.29, 0.717) is 0 Å². The van der Waals surface area contributed by atoms with Crippen LogP contribution < -0.4 is 0 Å². The summed E-state index contributed by atoms with van der Waals surface area (Å²) < 4.78 is 0. The predicted molar refractivity (Wildman–Crippen MR) is 84.6 cm³/mol. The summed E-state index contributed by atoms with van der Waals surface area (Å²) in [6, 6.07) is 6.61. The second-order valence-electron chi connectivity index (χ2n) is 5.01. The van der Waals surface area contributed by atoms with Crippen molar-refractivity contribution in [1.29, 1.82) is 0 Å². The van der Waals surface area contributed by atoms with Crippen LogP contribution in [0.1, 0.15) is 43.9 Å². The standard InChI is InChI=1S/C18H21N/c1-5-18(13(2)3)19-14(4)16-11-10-15-8-6-7-9-17(15)12-16/h5-6,8,10-12H,2,7,9H2,1,3-4H3/b18-5-,19-14?. The van der Waals surface area contributed by atoms with Crippen LogP contribution in [-0.2, 0) is 6.42 Å². The van der Waals surface area contributed by atoms with Gasteiger partial charge in [-0.15, -0.1) is 0 Å². The van der Waals surface area contributed by atoms with Crippen LogP contribution in [0.15, 0.2) is 53.2 Å². The van der Waals surface area contributed by atoms with Crippen LogP contribution in [0.2, 0.25) is 0 Å². The molecule has 0 unspecified atom stereocenters. The van der Waals surface area contributed by atoms with E-state index in [9.17, 15) is 0 Å². The average Bonchev–Trinajstić information content (AvgIpc) is 2.43. The van der Waals surface area contributed by atoms with E-state index in [0.717, 1.165) is 29.8 Å². The minimum Gasteiger partial charge on any atom is -0.253 e. The van der Waals surface area contributed by atoms with Crippen molar-refractivity contribution in [2.75, 3.05) is 0 Å². The van der Waals surface area contributed by atoms with Gasteiger partial charge in [0.15, 0.2) is 0 Å². The Labute approximate surface area is 116 Å². The predicted octanol–water partition coefficient (Wildman–Crippen LogP) is 4.93. The summed E-state index contributed by atoms with van der Waals surface area (Å²) in [5.41, 5.74) is 6.99. The first-order valence-corrected chi connectivity index (χ1v) is 6.79. The fraction of sp³-hybridized carbons (Fsp3) is 0.278. The van der Waals surface area contributed by atoms with Gasteiger partial charge in [-0.25, -0.2) is 0 Å². The van der Waals surface area contributed by atoms with Gasteiger partial charge in [0.2, 0.25) is 0 Å². The molecule has 0 bridgehead atoms. The summed E-state index contributed by atoms with van der Waals surface area (Å²) in [7, 11) is 0. The van der Waals surface area contributed by atoms with Gasteiger partial charge in [-0.2, -0.15) is 0 Å². The summed E-state index contributed by atoms with van der Waals surface area (Å²) in [5.74, 6) is 0. The lowest BCUT2D eigenvalue weighted by molar-refractivity contribution is 0.985. The van der Waals surface area contributed by atoms with Crippen molar-refractivity contribution < 1.29 is 0 Å². The zero-order chi connectivity index (χ0) is 13.8. The van der Waals surface area contributed by atoms with Crippen LogP contribution in [0.4, 0.5) is 0 Å². The van der Waals surface area contributed by atoms with E-state index in [-0.39, 0.29) is 0 Å². The third-order valence-electron chi connectivity index (χ3n) is 3.44. The molecule has 0 aromatic heterocycles. The molecule has 0 saturated heterocycles. The number of rotatable bonds is 3. The van der Waals surface area contributed by atoms with Crippen LogP contribution >= 0.6 is 0 Å². The average molecular weight is 251 g/mol. The van der Waals surface area contributed by atoms with Crippen molar-refractivity contribution in [1.82, 2.24) is 0 Å². The first kappa shape index (κ1) is 13.5. The quantitative estimate of drug-likeness (QED) is 0.533. The van der Waals surface area contributed by atoms with Crippen LogP contribution in [0.5, 0.6) is 0 Å². The molecule has 1 heteroatoms. The monoisotopic (exact) mass is 251 g/mol. The number of hydrogen-bond acceptors (Lipinski definition) is 1. The van der Waals surface area contributed by atoms with Crippen LogP contribution in [0.25, 0.3) is 6.08 Å². The van der Waals surface area contributed by atoms with E-state index in [1.165, 1.54) is 16.7 Å². The molecule has 1 aliphatic carbocycles. The molecule has 1 nitrogen and oxygen atoms in total. The molecule has 2 rings (SSSR count). The van der Waals surface area contributed by atoms with E-state index < -0.39 is 0 Å². The minimum atomic E-state index is 0.968. The summed E-state index contributed by atoms with van der Waals surface area (Å²) in [6.07, 6.45) is 8.72. The maximum absolute atomic E-state index is 4.67. The smallest absolute Gasteiger partial charge is 0.0613 e. The van der Waals surface area contributed by atoms with Crippen molar-refractivity contribution in [2.45, 2.75) is 33.6 Å². The zero-order valence-corrected chi connectivity index (χ0v) is 12.0. The Bertz CT molecular complexity index is 586. The summed E-state index contributed by atoms with van der Waals surface area (Å²) in [4.78, 5) is 4.67. The van der Waals surface area contributed by atoms with Gasteiger partial charge in [-0.3, -0.25) is 4.99 Å². The normalized spacial score (nSPS) is 15.3. The van der Waals surface area contributed by atoms with Crippen molar-refractivity contribution >= 4 is 11.8 Å². The number of allylic oxidation sites excluding steroid dienone is 3. The number of benzene rings is 1. The highest BCUT2D eigenvalue weighted by Gasteiger charge is 2.07. The van der Waals surface area contributed by atoms with Gasteiger partial charge in [0.05, 0.1) is 5.70 Å². The zero-order valence-electron chi connectivity index (χ0n) is 12.0. The van der Waals surface area contributed by atoms with Crippen LogP contribution in [-0.4, -0.2) is 5.71 Å².